The van der Waals surface area contributed by atoms with E-state index in [4.69, 9.17) is 11.5 Å². The van der Waals surface area contributed by atoms with Crippen LogP contribution >= 0.6 is 0 Å². The summed E-state index contributed by atoms with van der Waals surface area (Å²) in [6, 6.07) is -1.09. The van der Waals surface area contributed by atoms with Crippen molar-refractivity contribution in [1.82, 2.24) is 36.8 Å². The Kier molecular flexibility index (Phi) is 22.1. The van der Waals surface area contributed by atoms with Crippen LogP contribution in [0.2, 0.25) is 0 Å². The normalized spacial score (nSPS) is 15.0. The SMILES string of the molecule is COC(=O)NCCCC[C@H](NC(=O)OC)C(=O)NCCC(=O)N(CC(=O)NCCCCC(CC1CC1)C(N)=O)CC(=O)NCCCCC(NC1CC1)C(N)=O. The van der Waals surface area contributed by atoms with Gasteiger partial charge >= 0.3 is 12.2 Å². The van der Waals surface area contributed by atoms with Gasteiger partial charge in [0.2, 0.25) is 35.4 Å². The first-order chi connectivity index (χ1) is 26.3. The molecular weight excluding hydrogens is 718 g/mol. The molecule has 2 saturated carbocycles. The first kappa shape index (κ1) is 46.5. The Morgan fingerprint density at radius 2 is 1.18 bits per heavy atom. The first-order valence-electron chi connectivity index (χ1n) is 19.4. The Morgan fingerprint density at radius 3 is 1.69 bits per heavy atom. The number of unbranched alkanes of at least 4 members (excludes halogenated alkanes) is 3. The second-order valence-electron chi connectivity index (χ2n) is 14.3. The number of nitrogens with zero attached hydrogens (tertiary/aromatic N) is 1. The number of rotatable bonds is 30. The number of primary amides is 2. The van der Waals surface area contributed by atoms with Gasteiger partial charge in [0.15, 0.2) is 0 Å². The average molecular weight is 782 g/mol. The highest BCUT2D eigenvalue weighted by atomic mass is 16.5. The Balaban J connectivity index is 1.88. The fraction of sp³-hybridized carbons (Fsp3) is 0.778. The fourth-order valence-corrected chi connectivity index (χ4v) is 5.89. The lowest BCUT2D eigenvalue weighted by molar-refractivity contribution is -0.139. The number of hydrogen-bond acceptors (Lipinski definition) is 11. The Morgan fingerprint density at radius 1 is 0.636 bits per heavy atom. The van der Waals surface area contributed by atoms with Crippen molar-refractivity contribution in [2.24, 2.45) is 23.3 Å². The number of carbonyl (C=O) groups is 8. The second-order valence-corrected chi connectivity index (χ2v) is 14.3. The number of methoxy groups -OCH3 is 2. The molecule has 2 unspecified atom stereocenters. The molecule has 0 aromatic rings. The first-order valence-corrected chi connectivity index (χ1v) is 19.4. The number of ether oxygens (including phenoxy) is 2. The van der Waals surface area contributed by atoms with Crippen LogP contribution in [0, 0.1) is 11.8 Å². The summed E-state index contributed by atoms with van der Waals surface area (Å²) in [6.45, 7) is -0.0371. The number of nitrogens with one attached hydrogen (secondary N) is 6. The topological polar surface area (TPSA) is 282 Å². The smallest absolute Gasteiger partial charge is 0.407 e. The van der Waals surface area contributed by atoms with E-state index in [0.717, 1.165) is 44.1 Å². The van der Waals surface area contributed by atoms with Gasteiger partial charge in [0.25, 0.3) is 0 Å². The van der Waals surface area contributed by atoms with E-state index in [2.05, 4.69) is 41.4 Å². The average Bonchev–Trinajstić information content (AvgIpc) is 4.09. The molecular formula is C36H63N9O10. The molecule has 312 valence electrons. The van der Waals surface area contributed by atoms with E-state index in [1.165, 1.54) is 7.11 Å². The minimum atomic E-state index is -0.983. The summed E-state index contributed by atoms with van der Waals surface area (Å²) >= 11 is 0. The van der Waals surface area contributed by atoms with Crippen LogP contribution in [0.3, 0.4) is 0 Å². The molecule has 2 rings (SSSR count). The zero-order chi connectivity index (χ0) is 40.6. The largest absolute Gasteiger partial charge is 0.453 e. The van der Waals surface area contributed by atoms with E-state index in [-0.39, 0.29) is 31.2 Å². The predicted molar refractivity (Wildman–Crippen MR) is 201 cm³/mol. The molecule has 10 N–H and O–H groups in total. The molecule has 0 aliphatic heterocycles. The molecule has 0 spiro atoms. The summed E-state index contributed by atoms with van der Waals surface area (Å²) < 4.78 is 9.14. The summed E-state index contributed by atoms with van der Waals surface area (Å²) in [5, 5.41) is 16.3. The quantitative estimate of drug-likeness (QED) is 0.0436. The Labute approximate surface area is 323 Å². The molecule has 0 bridgehead atoms. The maximum absolute atomic E-state index is 13.3. The van der Waals surface area contributed by atoms with E-state index < -0.39 is 66.9 Å². The lowest BCUT2D eigenvalue weighted by Gasteiger charge is -2.23. The molecule has 0 aromatic heterocycles. The molecule has 3 atom stereocenters. The summed E-state index contributed by atoms with van der Waals surface area (Å²) in [6.07, 6.45) is 8.29. The minimum absolute atomic E-state index is 0.140. The van der Waals surface area contributed by atoms with Crippen molar-refractivity contribution in [1.29, 1.82) is 0 Å². The molecule has 8 amide bonds. The molecule has 2 aliphatic rings. The van der Waals surface area contributed by atoms with Gasteiger partial charge in [0.1, 0.15) is 19.1 Å². The van der Waals surface area contributed by atoms with Crippen molar-refractivity contribution < 1.29 is 47.8 Å². The summed E-state index contributed by atoms with van der Waals surface area (Å²) in [5.41, 5.74) is 11.1. The number of alkyl carbamates (subject to hydrolysis) is 2. The zero-order valence-corrected chi connectivity index (χ0v) is 32.4. The van der Waals surface area contributed by atoms with Crippen LogP contribution in [-0.4, -0.2) is 124 Å². The third-order valence-corrected chi connectivity index (χ3v) is 9.45. The standard InChI is InChI=1S/C36H63N9O10/c1-54-35(52)42-19-8-5-11-28(44-36(53)55-2)34(51)41-20-16-31(48)45(22-29(46)39-17-6-3-9-25(32(37)49)21-24-12-13-24)23-30(47)40-18-7-4-10-27(33(38)50)43-26-14-15-26/h24-28,43H,3-23H2,1-2H3,(H2,37,49)(H2,38,50)(H,39,46)(H,40,47)(H,41,51)(H,42,52)(H,44,53)/t25?,27?,28-/m0/s1. The van der Waals surface area contributed by atoms with Crippen LogP contribution in [-0.2, 0) is 38.2 Å². The van der Waals surface area contributed by atoms with Crippen LogP contribution < -0.4 is 43.4 Å². The van der Waals surface area contributed by atoms with E-state index in [0.29, 0.717) is 83.0 Å². The van der Waals surface area contributed by atoms with Crippen molar-refractivity contribution >= 4 is 47.6 Å². The number of hydrogen-bond donors (Lipinski definition) is 8. The summed E-state index contributed by atoms with van der Waals surface area (Å²) in [7, 11) is 2.40. The van der Waals surface area contributed by atoms with Gasteiger partial charge in [-0.1, -0.05) is 19.3 Å². The van der Waals surface area contributed by atoms with Gasteiger partial charge in [0, 0.05) is 44.6 Å². The van der Waals surface area contributed by atoms with Crippen molar-refractivity contribution in [2.45, 2.75) is 114 Å². The highest BCUT2D eigenvalue weighted by Gasteiger charge is 2.29. The summed E-state index contributed by atoms with van der Waals surface area (Å²) in [4.78, 5) is 99.8. The molecule has 0 heterocycles. The van der Waals surface area contributed by atoms with Crippen LogP contribution in [0.1, 0.15) is 96.3 Å². The molecule has 55 heavy (non-hydrogen) atoms. The van der Waals surface area contributed by atoms with Crippen molar-refractivity contribution in [3.05, 3.63) is 0 Å². The molecule has 19 heteroatoms. The van der Waals surface area contributed by atoms with Crippen molar-refractivity contribution in [3.63, 3.8) is 0 Å². The predicted octanol–water partition coefficient (Wildman–Crippen LogP) is -0.347. The second kappa shape index (κ2) is 26.2. The zero-order valence-electron chi connectivity index (χ0n) is 32.4. The number of carbonyl (C=O) groups excluding carboxylic acids is 8. The third-order valence-electron chi connectivity index (χ3n) is 9.45. The van der Waals surface area contributed by atoms with Gasteiger partial charge in [0.05, 0.1) is 20.3 Å². The molecule has 2 aliphatic carbocycles. The van der Waals surface area contributed by atoms with Crippen LogP contribution in [0.4, 0.5) is 9.59 Å². The minimum Gasteiger partial charge on any atom is -0.453 e. The van der Waals surface area contributed by atoms with E-state index >= 15 is 0 Å². The van der Waals surface area contributed by atoms with Crippen molar-refractivity contribution in [2.75, 3.05) is 53.5 Å². The van der Waals surface area contributed by atoms with Gasteiger partial charge in [-0.3, -0.25) is 28.8 Å². The Hall–Kier alpha value is -4.68. The fourth-order valence-electron chi connectivity index (χ4n) is 5.89. The van der Waals surface area contributed by atoms with Crippen LogP contribution in [0.5, 0.6) is 0 Å². The monoisotopic (exact) mass is 781 g/mol. The maximum Gasteiger partial charge on any atom is 0.407 e. The van der Waals surface area contributed by atoms with Crippen molar-refractivity contribution in [3.8, 4) is 0 Å². The van der Waals surface area contributed by atoms with Gasteiger partial charge in [-0.25, -0.2) is 9.59 Å². The highest BCUT2D eigenvalue weighted by molar-refractivity contribution is 5.90. The summed E-state index contributed by atoms with van der Waals surface area (Å²) in [5.74, 6) is -2.41. The van der Waals surface area contributed by atoms with E-state index in [1.807, 2.05) is 0 Å². The highest BCUT2D eigenvalue weighted by Crippen LogP contribution is 2.36. The molecule has 0 aromatic carbocycles. The van der Waals surface area contributed by atoms with Gasteiger partial charge in [-0.2, -0.15) is 0 Å². The Bertz CT molecular complexity index is 1220. The van der Waals surface area contributed by atoms with Gasteiger partial charge in [-0.15, -0.1) is 0 Å². The third kappa shape index (κ3) is 21.7. The van der Waals surface area contributed by atoms with Crippen LogP contribution in [0.25, 0.3) is 0 Å². The number of amides is 8. The molecule has 2 fully saturated rings. The molecule has 0 radical (unpaired) electrons. The maximum atomic E-state index is 13.3. The lowest BCUT2D eigenvalue weighted by atomic mass is 9.95. The lowest BCUT2D eigenvalue weighted by Crippen LogP contribution is -2.49. The van der Waals surface area contributed by atoms with Crippen LogP contribution in [0.15, 0.2) is 0 Å². The van der Waals surface area contributed by atoms with Gasteiger partial charge < -0.3 is 57.7 Å². The van der Waals surface area contributed by atoms with E-state index in [1.54, 1.807) is 0 Å². The molecule has 19 nitrogen and oxygen atoms in total. The van der Waals surface area contributed by atoms with Gasteiger partial charge in [-0.05, 0) is 76.5 Å². The molecule has 0 saturated heterocycles. The number of nitrogens with two attached hydrogens (primary N) is 2. The van der Waals surface area contributed by atoms with E-state index in [9.17, 15) is 38.4 Å².